The van der Waals surface area contributed by atoms with Crippen molar-refractivity contribution in [3.8, 4) is 5.75 Å². The highest BCUT2D eigenvalue weighted by Crippen LogP contribution is 2.26. The fourth-order valence-electron chi connectivity index (χ4n) is 4.23. The van der Waals surface area contributed by atoms with Gasteiger partial charge in [0, 0.05) is 13.1 Å². The summed E-state index contributed by atoms with van der Waals surface area (Å²) in [5.74, 6) is -0.865. The molecule has 40 heavy (non-hydrogen) atoms. The van der Waals surface area contributed by atoms with Crippen LogP contribution in [0.1, 0.15) is 37.8 Å². The van der Waals surface area contributed by atoms with Gasteiger partial charge in [-0.15, -0.1) is 0 Å². The molecule has 10 heteroatoms. The number of anilines is 1. The van der Waals surface area contributed by atoms with Crippen molar-refractivity contribution >= 4 is 27.5 Å². The summed E-state index contributed by atoms with van der Waals surface area (Å²) < 4.78 is 47.5. The number of hydrogen-bond donors (Lipinski definition) is 1. The summed E-state index contributed by atoms with van der Waals surface area (Å²) in [4.78, 5) is 28.4. The normalized spacial score (nSPS) is 11.9. The molecule has 1 N–H and O–H groups in total. The topological polar surface area (TPSA) is 96.0 Å². The van der Waals surface area contributed by atoms with Gasteiger partial charge in [-0.3, -0.25) is 13.9 Å². The van der Waals surface area contributed by atoms with Crippen molar-refractivity contribution in [2.75, 3.05) is 24.5 Å². The second-order valence-corrected chi connectivity index (χ2v) is 11.3. The molecule has 0 spiro atoms. The van der Waals surface area contributed by atoms with E-state index in [0.717, 1.165) is 46.1 Å². The summed E-state index contributed by atoms with van der Waals surface area (Å²) in [6.45, 7) is 5.54. The zero-order chi connectivity index (χ0) is 29.3. The number of carbonyl (C=O) groups excluding carboxylic acids is 2. The van der Waals surface area contributed by atoms with Gasteiger partial charge in [-0.25, -0.2) is 12.8 Å². The first kappa shape index (κ1) is 30.6. The Hall–Kier alpha value is -3.92. The van der Waals surface area contributed by atoms with Crippen LogP contribution in [0, 0.1) is 12.7 Å². The van der Waals surface area contributed by atoms with Gasteiger partial charge in [0.25, 0.3) is 10.0 Å². The first-order valence-electron chi connectivity index (χ1n) is 13.2. The highest BCUT2D eigenvalue weighted by molar-refractivity contribution is 7.92. The van der Waals surface area contributed by atoms with Crippen molar-refractivity contribution in [2.45, 2.75) is 51.1 Å². The number of amides is 2. The van der Waals surface area contributed by atoms with E-state index in [1.165, 1.54) is 12.0 Å². The van der Waals surface area contributed by atoms with E-state index in [1.807, 2.05) is 19.9 Å². The number of methoxy groups -OCH3 is 1. The molecule has 8 nitrogen and oxygen atoms in total. The number of sulfonamides is 1. The molecule has 3 rings (SSSR count). The minimum Gasteiger partial charge on any atom is -0.497 e. The van der Waals surface area contributed by atoms with Crippen molar-refractivity contribution in [1.29, 1.82) is 0 Å². The van der Waals surface area contributed by atoms with E-state index in [9.17, 15) is 22.4 Å². The number of nitrogens with zero attached hydrogens (tertiary/aromatic N) is 2. The summed E-state index contributed by atoms with van der Waals surface area (Å²) in [6, 6.07) is 17.5. The van der Waals surface area contributed by atoms with Gasteiger partial charge in [0.05, 0.1) is 17.7 Å². The zero-order valence-electron chi connectivity index (χ0n) is 23.3. The van der Waals surface area contributed by atoms with Gasteiger partial charge in [0.15, 0.2) is 0 Å². The molecule has 1 unspecified atom stereocenters. The van der Waals surface area contributed by atoms with Gasteiger partial charge in [0.1, 0.15) is 24.2 Å². The Morgan fingerprint density at radius 1 is 1.00 bits per heavy atom. The van der Waals surface area contributed by atoms with Crippen molar-refractivity contribution in [3.63, 3.8) is 0 Å². The number of carbonyl (C=O) groups is 2. The molecule has 0 aliphatic rings. The average molecular weight is 570 g/mol. The smallest absolute Gasteiger partial charge is 0.264 e. The maximum Gasteiger partial charge on any atom is 0.264 e. The second-order valence-electron chi connectivity index (χ2n) is 9.39. The van der Waals surface area contributed by atoms with E-state index < -0.39 is 34.3 Å². The zero-order valence-corrected chi connectivity index (χ0v) is 24.1. The molecule has 0 saturated heterocycles. The summed E-state index contributed by atoms with van der Waals surface area (Å²) in [6.07, 6.45) is 1.05. The highest BCUT2D eigenvalue weighted by atomic mass is 32.2. The molecule has 214 valence electrons. The van der Waals surface area contributed by atoms with Gasteiger partial charge in [0.2, 0.25) is 11.8 Å². The second kappa shape index (κ2) is 13.9. The minimum atomic E-state index is -4.26. The molecule has 0 aliphatic heterocycles. The number of nitrogens with one attached hydrogen (secondary N) is 1. The van der Waals surface area contributed by atoms with Crippen molar-refractivity contribution in [1.82, 2.24) is 10.2 Å². The van der Waals surface area contributed by atoms with Crippen molar-refractivity contribution < 1.29 is 27.1 Å². The number of hydrogen-bond acceptors (Lipinski definition) is 5. The molecule has 0 bridgehead atoms. The first-order valence-corrected chi connectivity index (χ1v) is 14.6. The Balaban J connectivity index is 2.05. The Kier molecular flexibility index (Phi) is 10.7. The molecule has 0 aromatic heterocycles. The standard InChI is InChI=1S/C30H36FN3O5S/c1-5-18-32-30(36)28(6-2)33(20-23-8-7-9-26(19-23)39-4)29(35)21-34(25-14-10-22(3)11-15-25)40(37,38)27-16-12-24(31)13-17-27/h7-17,19,28H,5-6,18,20-21H2,1-4H3,(H,32,36). The van der Waals surface area contributed by atoms with Gasteiger partial charge in [-0.05, 0) is 73.9 Å². The van der Waals surface area contributed by atoms with Crippen LogP contribution in [-0.4, -0.2) is 51.4 Å². The van der Waals surface area contributed by atoms with Crippen LogP contribution < -0.4 is 14.4 Å². The maximum absolute atomic E-state index is 14.0. The lowest BCUT2D eigenvalue weighted by molar-refractivity contribution is -0.140. The maximum atomic E-state index is 14.0. The predicted molar refractivity (Wildman–Crippen MR) is 153 cm³/mol. The van der Waals surface area contributed by atoms with E-state index >= 15 is 0 Å². The van der Waals surface area contributed by atoms with Crippen LogP contribution in [0.15, 0.2) is 77.7 Å². The number of rotatable bonds is 13. The number of ether oxygens (including phenoxy) is 1. The molecular weight excluding hydrogens is 533 g/mol. The Morgan fingerprint density at radius 3 is 2.27 bits per heavy atom. The minimum absolute atomic E-state index is 0.0619. The van der Waals surface area contributed by atoms with Crippen LogP contribution in [0.2, 0.25) is 0 Å². The van der Waals surface area contributed by atoms with E-state index in [0.29, 0.717) is 18.7 Å². The van der Waals surface area contributed by atoms with E-state index in [-0.39, 0.29) is 23.0 Å². The lowest BCUT2D eigenvalue weighted by Crippen LogP contribution is -2.52. The molecule has 3 aromatic rings. The third-order valence-electron chi connectivity index (χ3n) is 6.42. The molecular formula is C30H36FN3O5S. The average Bonchev–Trinajstić information content (AvgIpc) is 2.95. The summed E-state index contributed by atoms with van der Waals surface area (Å²) in [5.41, 5.74) is 1.90. The van der Waals surface area contributed by atoms with Crippen LogP contribution in [0.5, 0.6) is 5.75 Å². The van der Waals surface area contributed by atoms with E-state index in [2.05, 4.69) is 5.32 Å². The van der Waals surface area contributed by atoms with Crippen molar-refractivity contribution in [2.24, 2.45) is 0 Å². The Morgan fingerprint density at radius 2 is 1.68 bits per heavy atom. The number of halogens is 1. The molecule has 3 aromatic carbocycles. The predicted octanol–water partition coefficient (Wildman–Crippen LogP) is 4.67. The largest absolute Gasteiger partial charge is 0.497 e. The van der Waals surface area contributed by atoms with E-state index in [1.54, 1.807) is 49.4 Å². The van der Waals surface area contributed by atoms with Crippen molar-refractivity contribution in [3.05, 3.63) is 89.7 Å². The van der Waals surface area contributed by atoms with Gasteiger partial charge >= 0.3 is 0 Å². The summed E-state index contributed by atoms with van der Waals surface area (Å²) >= 11 is 0. The van der Waals surface area contributed by atoms with Crippen LogP contribution in [-0.2, 0) is 26.2 Å². The molecule has 0 saturated carbocycles. The molecule has 2 amide bonds. The number of aryl methyl sites for hydroxylation is 1. The fraction of sp³-hybridized carbons (Fsp3) is 0.333. The van der Waals surface area contributed by atoms with Crippen LogP contribution in [0.25, 0.3) is 0 Å². The molecule has 0 aliphatic carbocycles. The van der Waals surface area contributed by atoms with E-state index in [4.69, 9.17) is 4.74 Å². The Bertz CT molecular complexity index is 1400. The van der Waals surface area contributed by atoms with Crippen LogP contribution in [0.3, 0.4) is 0 Å². The van der Waals surface area contributed by atoms with Gasteiger partial charge < -0.3 is 15.0 Å². The van der Waals surface area contributed by atoms with Gasteiger partial charge in [-0.2, -0.15) is 0 Å². The highest BCUT2D eigenvalue weighted by Gasteiger charge is 2.33. The molecule has 0 radical (unpaired) electrons. The quantitative estimate of drug-likeness (QED) is 0.323. The Labute approximate surface area is 235 Å². The van der Waals surface area contributed by atoms with Crippen LogP contribution in [0.4, 0.5) is 10.1 Å². The lowest BCUT2D eigenvalue weighted by Gasteiger charge is -2.33. The molecule has 0 fully saturated rings. The van der Waals surface area contributed by atoms with Gasteiger partial charge in [-0.1, -0.05) is 43.7 Å². The monoisotopic (exact) mass is 569 g/mol. The third kappa shape index (κ3) is 7.59. The molecule has 1 atom stereocenters. The summed E-state index contributed by atoms with van der Waals surface area (Å²) in [7, 11) is -2.73. The molecule has 0 heterocycles. The van der Waals surface area contributed by atoms with Crippen LogP contribution >= 0.6 is 0 Å². The first-order chi connectivity index (χ1) is 19.1. The summed E-state index contributed by atoms with van der Waals surface area (Å²) in [5, 5.41) is 2.85. The lowest BCUT2D eigenvalue weighted by atomic mass is 10.1. The fourth-order valence-corrected chi connectivity index (χ4v) is 5.64. The number of benzene rings is 3. The third-order valence-corrected chi connectivity index (χ3v) is 8.21. The SMILES string of the molecule is CCCNC(=O)C(CC)N(Cc1cccc(OC)c1)C(=O)CN(c1ccc(C)cc1)S(=O)(=O)c1ccc(F)cc1.